The maximum absolute atomic E-state index is 11.2. The summed E-state index contributed by atoms with van der Waals surface area (Å²) in [6.07, 6.45) is 3.81. The van der Waals surface area contributed by atoms with Gasteiger partial charge in [0.1, 0.15) is 24.7 Å². The number of benzene rings is 2. The van der Waals surface area contributed by atoms with Crippen molar-refractivity contribution in [1.29, 1.82) is 0 Å². The lowest BCUT2D eigenvalue weighted by molar-refractivity contribution is -0.136. The summed E-state index contributed by atoms with van der Waals surface area (Å²) in [7, 11) is 0. The van der Waals surface area contributed by atoms with Crippen molar-refractivity contribution in [2.24, 2.45) is 5.73 Å². The van der Waals surface area contributed by atoms with E-state index in [9.17, 15) is 4.79 Å². The van der Waals surface area contributed by atoms with Gasteiger partial charge in [-0.25, -0.2) is 0 Å². The lowest BCUT2D eigenvalue weighted by Crippen LogP contribution is -2.16. The third kappa shape index (κ3) is 6.31. The van der Waals surface area contributed by atoms with Crippen LogP contribution in [0.4, 0.5) is 0 Å². The first-order valence-electron chi connectivity index (χ1n) is 11.1. The van der Waals surface area contributed by atoms with Gasteiger partial charge in [0, 0.05) is 30.5 Å². The molecule has 3 N–H and O–H groups in total. The molecular formula is C26H28N2O5. The highest BCUT2D eigenvalue weighted by atomic mass is 16.5. The number of carboxylic acid groups (broad SMARTS) is 1. The zero-order valence-electron chi connectivity index (χ0n) is 18.4. The lowest BCUT2D eigenvalue weighted by atomic mass is 10.1. The molecular weight excluding hydrogens is 420 g/mol. The smallest absolute Gasteiger partial charge is 0.307 e. The highest BCUT2D eigenvalue weighted by molar-refractivity contribution is 5.71. The lowest BCUT2D eigenvalue weighted by Gasteiger charge is -2.15. The topological polar surface area (TPSA) is 104 Å². The molecule has 172 valence electrons. The van der Waals surface area contributed by atoms with Crippen LogP contribution in [0.1, 0.15) is 29.5 Å². The van der Waals surface area contributed by atoms with E-state index in [-0.39, 0.29) is 19.1 Å². The molecule has 3 aromatic rings. The predicted molar refractivity (Wildman–Crippen MR) is 124 cm³/mol. The van der Waals surface area contributed by atoms with Crippen LogP contribution in [0.25, 0.3) is 11.3 Å². The molecule has 0 unspecified atom stereocenters. The summed E-state index contributed by atoms with van der Waals surface area (Å²) in [5.74, 6) is 0.361. The highest BCUT2D eigenvalue weighted by Crippen LogP contribution is 2.28. The number of hydrogen-bond acceptors (Lipinski definition) is 6. The van der Waals surface area contributed by atoms with Crippen LogP contribution in [-0.4, -0.2) is 35.4 Å². The van der Waals surface area contributed by atoms with Crippen LogP contribution in [0.5, 0.6) is 11.5 Å². The highest BCUT2D eigenvalue weighted by Gasteiger charge is 2.17. The third-order valence-corrected chi connectivity index (χ3v) is 5.49. The molecule has 1 atom stereocenters. The number of rotatable bonds is 10. The van der Waals surface area contributed by atoms with E-state index < -0.39 is 5.97 Å². The zero-order valence-corrected chi connectivity index (χ0v) is 18.4. The number of nitrogens with two attached hydrogens (primary N) is 1. The molecule has 2 heterocycles. The van der Waals surface area contributed by atoms with Gasteiger partial charge in [-0.3, -0.25) is 9.78 Å². The van der Waals surface area contributed by atoms with E-state index in [0.717, 1.165) is 41.8 Å². The molecule has 0 saturated carbocycles. The van der Waals surface area contributed by atoms with Crippen LogP contribution >= 0.6 is 0 Å². The van der Waals surface area contributed by atoms with Gasteiger partial charge in [-0.15, -0.1) is 0 Å². The molecule has 0 radical (unpaired) electrons. The third-order valence-electron chi connectivity index (χ3n) is 5.49. The number of nitrogens with zero attached hydrogens (tertiary/aromatic N) is 1. The molecule has 7 heteroatoms. The van der Waals surface area contributed by atoms with Crippen molar-refractivity contribution in [2.45, 2.75) is 38.5 Å². The molecule has 1 aliphatic heterocycles. The largest absolute Gasteiger partial charge is 0.491 e. The number of carbonyl (C=O) groups is 1. The standard InChI is InChI=1S/C26H28N2O5/c27-15-18-7-8-28-24(12-18)21-10-19(11-23(13-21)32-17-22-5-3-9-31-22)16-33-25-6-2-1-4-20(25)14-26(29)30/h1-2,4,6-8,10-13,22H,3,5,9,14-17,27H2,(H,29,30)/t22-/m1/s1. The molecule has 1 fully saturated rings. The number of ether oxygens (including phenoxy) is 3. The summed E-state index contributed by atoms with van der Waals surface area (Å²) >= 11 is 0. The van der Waals surface area contributed by atoms with Crippen molar-refractivity contribution >= 4 is 5.97 Å². The van der Waals surface area contributed by atoms with Gasteiger partial charge < -0.3 is 25.1 Å². The van der Waals surface area contributed by atoms with E-state index in [1.54, 1.807) is 24.4 Å². The Morgan fingerprint density at radius 3 is 2.79 bits per heavy atom. The van der Waals surface area contributed by atoms with E-state index in [4.69, 9.17) is 25.1 Å². The second-order valence-corrected chi connectivity index (χ2v) is 8.03. The van der Waals surface area contributed by atoms with E-state index >= 15 is 0 Å². The Morgan fingerprint density at radius 1 is 1.12 bits per heavy atom. The molecule has 4 rings (SSSR count). The van der Waals surface area contributed by atoms with Gasteiger partial charge in [0.15, 0.2) is 0 Å². The quantitative estimate of drug-likeness (QED) is 0.484. The SMILES string of the molecule is NCc1ccnc(-c2cc(COc3ccccc3CC(=O)O)cc(OC[C@H]3CCCO3)c2)c1. The molecule has 0 spiro atoms. The maximum Gasteiger partial charge on any atom is 0.307 e. The summed E-state index contributed by atoms with van der Waals surface area (Å²) < 4.78 is 17.8. The predicted octanol–water partition coefficient (Wildman–Crippen LogP) is 3.97. The van der Waals surface area contributed by atoms with E-state index in [1.807, 2.05) is 36.4 Å². The molecule has 1 aromatic heterocycles. The van der Waals surface area contributed by atoms with Gasteiger partial charge >= 0.3 is 5.97 Å². The van der Waals surface area contributed by atoms with E-state index in [2.05, 4.69) is 4.98 Å². The normalized spacial score (nSPS) is 15.4. The van der Waals surface area contributed by atoms with Gasteiger partial charge in [-0.1, -0.05) is 18.2 Å². The van der Waals surface area contributed by atoms with Gasteiger partial charge in [0.05, 0.1) is 18.2 Å². The number of pyridine rings is 1. The van der Waals surface area contributed by atoms with Crippen molar-refractivity contribution < 1.29 is 24.1 Å². The number of para-hydroxylation sites is 1. The number of carboxylic acids is 1. The fourth-order valence-electron chi connectivity index (χ4n) is 3.81. The van der Waals surface area contributed by atoms with E-state index in [0.29, 0.717) is 30.2 Å². The molecule has 0 amide bonds. The number of hydrogen-bond donors (Lipinski definition) is 2. The first-order chi connectivity index (χ1) is 16.1. The monoisotopic (exact) mass is 448 g/mol. The Hall–Kier alpha value is -3.42. The summed E-state index contributed by atoms with van der Waals surface area (Å²) in [6, 6.07) is 16.9. The number of aromatic nitrogens is 1. The van der Waals surface area contributed by atoms with Crippen LogP contribution < -0.4 is 15.2 Å². The van der Waals surface area contributed by atoms with Crippen LogP contribution in [0, 0.1) is 0 Å². The van der Waals surface area contributed by atoms with Crippen molar-refractivity contribution in [2.75, 3.05) is 13.2 Å². The average Bonchev–Trinajstić information content (AvgIpc) is 3.36. The summed E-state index contributed by atoms with van der Waals surface area (Å²) in [6.45, 7) is 1.96. The first-order valence-corrected chi connectivity index (χ1v) is 11.1. The van der Waals surface area contributed by atoms with Crippen molar-refractivity contribution in [3.05, 3.63) is 77.5 Å². The summed E-state index contributed by atoms with van der Waals surface area (Å²) in [5.41, 5.74) is 10.0. The van der Waals surface area contributed by atoms with Gasteiger partial charge in [-0.05, 0) is 60.4 Å². The first kappa shape index (κ1) is 22.8. The van der Waals surface area contributed by atoms with Crippen molar-refractivity contribution in [3.63, 3.8) is 0 Å². The second kappa shape index (κ2) is 10.9. The average molecular weight is 449 g/mol. The van der Waals surface area contributed by atoms with Crippen molar-refractivity contribution in [3.8, 4) is 22.8 Å². The Morgan fingerprint density at radius 2 is 2.00 bits per heavy atom. The molecule has 0 bridgehead atoms. The Balaban J connectivity index is 1.58. The molecule has 7 nitrogen and oxygen atoms in total. The minimum Gasteiger partial charge on any atom is -0.491 e. The summed E-state index contributed by atoms with van der Waals surface area (Å²) in [5, 5.41) is 9.17. The fraction of sp³-hybridized carbons (Fsp3) is 0.308. The van der Waals surface area contributed by atoms with Gasteiger partial charge in [0.25, 0.3) is 0 Å². The molecule has 33 heavy (non-hydrogen) atoms. The minimum absolute atomic E-state index is 0.0955. The van der Waals surface area contributed by atoms with Crippen molar-refractivity contribution in [1.82, 2.24) is 4.98 Å². The second-order valence-electron chi connectivity index (χ2n) is 8.03. The Kier molecular flexibility index (Phi) is 7.55. The fourth-order valence-corrected chi connectivity index (χ4v) is 3.81. The summed E-state index contributed by atoms with van der Waals surface area (Å²) in [4.78, 5) is 15.7. The minimum atomic E-state index is -0.899. The van der Waals surface area contributed by atoms with Gasteiger partial charge in [0.2, 0.25) is 0 Å². The van der Waals surface area contributed by atoms with Crippen LogP contribution in [0.3, 0.4) is 0 Å². The molecule has 2 aromatic carbocycles. The Bertz CT molecular complexity index is 1100. The number of aliphatic carboxylic acids is 1. The molecule has 1 aliphatic rings. The van der Waals surface area contributed by atoms with E-state index in [1.165, 1.54) is 0 Å². The maximum atomic E-state index is 11.2. The van der Waals surface area contributed by atoms with Crippen LogP contribution in [-0.2, 0) is 29.1 Å². The van der Waals surface area contributed by atoms with Crippen LogP contribution in [0.15, 0.2) is 60.8 Å². The Labute approximate surface area is 193 Å². The molecule has 0 aliphatic carbocycles. The molecule has 1 saturated heterocycles. The zero-order chi connectivity index (χ0) is 23.0. The van der Waals surface area contributed by atoms with Gasteiger partial charge in [-0.2, -0.15) is 0 Å². The van der Waals surface area contributed by atoms with Crippen LogP contribution in [0.2, 0.25) is 0 Å².